The van der Waals surface area contributed by atoms with Gasteiger partial charge in [-0.2, -0.15) is 5.01 Å². The van der Waals surface area contributed by atoms with Crippen molar-refractivity contribution in [3.8, 4) is 0 Å². The number of aliphatic carboxylic acids is 1. The van der Waals surface area contributed by atoms with Gasteiger partial charge in [-0.1, -0.05) is 0 Å². The molecule has 0 bridgehead atoms. The summed E-state index contributed by atoms with van der Waals surface area (Å²) in [5.74, 6) is -1.62. The molecule has 0 radical (unpaired) electrons. The molecule has 6 nitrogen and oxygen atoms in total. The monoisotopic (exact) mass is 348 g/mol. The van der Waals surface area contributed by atoms with Crippen LogP contribution in [0.1, 0.15) is 12.8 Å². The summed E-state index contributed by atoms with van der Waals surface area (Å²) in [5.41, 5.74) is 0.157. The van der Waals surface area contributed by atoms with Crippen LogP contribution in [0.4, 0.5) is 0 Å². The highest BCUT2D eigenvalue weighted by atomic mass is 127. The second-order valence-corrected chi connectivity index (χ2v) is 4.93. The molecule has 7 heteroatoms. The largest absolute Gasteiger partial charge is 0.478 e. The third-order valence-corrected chi connectivity index (χ3v) is 3.06. The average Bonchev–Trinajstić information content (AvgIpc) is 2.57. The SMILES string of the molecule is O=C(O)C1=CC(I)=CN(N2C(=O)CCC2=O)C1. The lowest BCUT2D eigenvalue weighted by molar-refractivity contribution is -0.153. The van der Waals surface area contributed by atoms with E-state index >= 15 is 0 Å². The minimum absolute atomic E-state index is 0.0271. The highest BCUT2D eigenvalue weighted by Crippen LogP contribution is 2.24. The van der Waals surface area contributed by atoms with Crippen LogP contribution in [0.5, 0.6) is 0 Å². The molecule has 0 aliphatic carbocycles. The van der Waals surface area contributed by atoms with Crippen molar-refractivity contribution in [3.63, 3.8) is 0 Å². The summed E-state index contributed by atoms with van der Waals surface area (Å²) in [6.07, 6.45) is 3.48. The summed E-state index contributed by atoms with van der Waals surface area (Å²) in [5, 5.41) is 11.3. The quantitative estimate of drug-likeness (QED) is 0.586. The number of imide groups is 1. The van der Waals surface area contributed by atoms with Crippen LogP contribution >= 0.6 is 22.6 Å². The van der Waals surface area contributed by atoms with Crippen molar-refractivity contribution in [2.75, 3.05) is 6.54 Å². The maximum atomic E-state index is 11.5. The van der Waals surface area contributed by atoms with Gasteiger partial charge in [-0.25, -0.2) is 4.79 Å². The fourth-order valence-corrected chi connectivity index (χ4v) is 2.42. The first-order valence-corrected chi connectivity index (χ1v) is 6.00. The summed E-state index contributed by atoms with van der Waals surface area (Å²) in [7, 11) is 0. The van der Waals surface area contributed by atoms with Crippen molar-refractivity contribution in [1.82, 2.24) is 10.0 Å². The summed E-state index contributed by atoms with van der Waals surface area (Å²) in [6.45, 7) is 0.0271. The van der Waals surface area contributed by atoms with E-state index in [-0.39, 0.29) is 36.8 Å². The van der Waals surface area contributed by atoms with E-state index in [0.717, 1.165) is 5.01 Å². The van der Waals surface area contributed by atoms with Gasteiger partial charge in [-0.3, -0.25) is 14.6 Å². The third-order valence-electron chi connectivity index (χ3n) is 2.47. The van der Waals surface area contributed by atoms with Gasteiger partial charge in [0.05, 0.1) is 12.1 Å². The Morgan fingerprint density at radius 3 is 2.41 bits per heavy atom. The normalized spacial score (nSPS) is 20.5. The zero-order chi connectivity index (χ0) is 12.6. The molecule has 17 heavy (non-hydrogen) atoms. The van der Waals surface area contributed by atoms with Crippen LogP contribution in [0.3, 0.4) is 0 Å². The third kappa shape index (κ3) is 2.33. The second-order valence-electron chi connectivity index (χ2n) is 3.69. The predicted octanol–water partition coefficient (Wildman–Crippen LogP) is 0.653. The van der Waals surface area contributed by atoms with Gasteiger partial charge in [0.15, 0.2) is 0 Å². The van der Waals surface area contributed by atoms with Crippen molar-refractivity contribution in [3.05, 3.63) is 21.4 Å². The molecule has 1 N–H and O–H groups in total. The second kappa shape index (κ2) is 4.47. The molecule has 1 saturated heterocycles. The molecular formula is C10H9IN2O4. The Labute approximate surface area is 111 Å². The molecule has 2 amide bonds. The molecule has 2 heterocycles. The van der Waals surface area contributed by atoms with Crippen molar-refractivity contribution in [2.24, 2.45) is 0 Å². The molecule has 2 aliphatic rings. The highest BCUT2D eigenvalue weighted by Gasteiger charge is 2.34. The minimum atomic E-state index is -1.05. The number of amides is 2. The summed E-state index contributed by atoms with van der Waals surface area (Å²) in [6, 6.07) is 0. The Balaban J connectivity index is 2.25. The molecule has 1 fully saturated rings. The number of nitrogens with zero attached hydrogens (tertiary/aromatic N) is 2. The summed E-state index contributed by atoms with van der Waals surface area (Å²) in [4.78, 5) is 34.0. The zero-order valence-electron chi connectivity index (χ0n) is 8.72. The molecular weight excluding hydrogens is 339 g/mol. The van der Waals surface area contributed by atoms with Crippen LogP contribution in [0.25, 0.3) is 0 Å². The first kappa shape index (κ1) is 12.1. The van der Waals surface area contributed by atoms with E-state index in [2.05, 4.69) is 0 Å². The lowest BCUT2D eigenvalue weighted by Crippen LogP contribution is -2.45. The molecule has 2 rings (SSSR count). The molecule has 0 aromatic rings. The Morgan fingerprint density at radius 2 is 1.88 bits per heavy atom. The number of hydrogen-bond acceptors (Lipinski definition) is 4. The summed E-state index contributed by atoms with van der Waals surface area (Å²) < 4.78 is 0.666. The molecule has 2 aliphatic heterocycles. The standard InChI is InChI=1S/C10H9IN2O4/c11-7-3-6(10(16)17)4-12(5-7)13-8(14)1-2-9(13)15/h3,5H,1-2,4H2,(H,16,17). The number of hydrogen-bond donors (Lipinski definition) is 1. The van der Waals surface area contributed by atoms with Gasteiger partial charge in [0.2, 0.25) is 11.8 Å². The van der Waals surface area contributed by atoms with E-state index in [1.54, 1.807) is 6.20 Å². The molecule has 0 atom stereocenters. The maximum Gasteiger partial charge on any atom is 0.333 e. The number of carboxylic acids is 1. The zero-order valence-corrected chi connectivity index (χ0v) is 10.9. The van der Waals surface area contributed by atoms with Gasteiger partial charge in [0.1, 0.15) is 0 Å². The van der Waals surface area contributed by atoms with Gasteiger partial charge in [0, 0.05) is 22.6 Å². The molecule has 0 aromatic carbocycles. The number of halogens is 1. The molecule has 90 valence electrons. The molecule has 0 unspecified atom stereocenters. The van der Waals surface area contributed by atoms with Crippen molar-refractivity contribution < 1.29 is 19.5 Å². The number of carbonyl (C=O) groups excluding carboxylic acids is 2. The number of allylic oxidation sites excluding steroid dienone is 2. The van der Waals surface area contributed by atoms with Crippen LogP contribution < -0.4 is 0 Å². The van der Waals surface area contributed by atoms with Crippen molar-refractivity contribution in [2.45, 2.75) is 12.8 Å². The van der Waals surface area contributed by atoms with E-state index in [1.165, 1.54) is 11.1 Å². The fraction of sp³-hybridized carbons (Fsp3) is 0.300. The van der Waals surface area contributed by atoms with Crippen LogP contribution in [-0.4, -0.2) is 39.5 Å². The van der Waals surface area contributed by atoms with E-state index in [4.69, 9.17) is 5.11 Å². The average molecular weight is 348 g/mol. The molecule has 0 spiro atoms. The van der Waals surface area contributed by atoms with Crippen LogP contribution in [0.15, 0.2) is 21.4 Å². The van der Waals surface area contributed by atoms with Gasteiger partial charge >= 0.3 is 5.97 Å². The first-order valence-electron chi connectivity index (χ1n) is 4.92. The van der Waals surface area contributed by atoms with Gasteiger partial charge < -0.3 is 5.11 Å². The van der Waals surface area contributed by atoms with Crippen LogP contribution in [0.2, 0.25) is 0 Å². The Kier molecular flexibility index (Phi) is 3.18. The van der Waals surface area contributed by atoms with Crippen LogP contribution in [-0.2, 0) is 14.4 Å². The first-order chi connectivity index (χ1) is 7.99. The smallest absolute Gasteiger partial charge is 0.333 e. The Hall–Kier alpha value is -1.38. The van der Waals surface area contributed by atoms with E-state index in [0.29, 0.717) is 3.58 Å². The number of carbonyl (C=O) groups is 3. The Morgan fingerprint density at radius 1 is 1.29 bits per heavy atom. The van der Waals surface area contributed by atoms with Gasteiger partial charge in [-0.15, -0.1) is 0 Å². The fourth-order valence-electron chi connectivity index (χ4n) is 1.72. The predicted molar refractivity (Wildman–Crippen MR) is 65.6 cm³/mol. The molecule has 0 saturated carbocycles. The van der Waals surface area contributed by atoms with Gasteiger partial charge in [-0.05, 0) is 28.7 Å². The number of carboxylic acid groups (broad SMARTS) is 1. The topological polar surface area (TPSA) is 77.9 Å². The number of rotatable bonds is 2. The highest BCUT2D eigenvalue weighted by molar-refractivity contribution is 14.1. The number of hydrazine groups is 1. The van der Waals surface area contributed by atoms with Crippen molar-refractivity contribution in [1.29, 1.82) is 0 Å². The Bertz CT molecular complexity index is 453. The summed E-state index contributed by atoms with van der Waals surface area (Å²) >= 11 is 1.95. The molecule has 0 aromatic heterocycles. The van der Waals surface area contributed by atoms with Crippen LogP contribution in [0, 0.1) is 0 Å². The van der Waals surface area contributed by atoms with E-state index < -0.39 is 5.97 Å². The lowest BCUT2D eigenvalue weighted by Gasteiger charge is -2.31. The van der Waals surface area contributed by atoms with Crippen molar-refractivity contribution >= 4 is 40.4 Å². The van der Waals surface area contributed by atoms with Gasteiger partial charge in [0.25, 0.3) is 0 Å². The van der Waals surface area contributed by atoms with E-state index in [9.17, 15) is 14.4 Å². The van der Waals surface area contributed by atoms with E-state index in [1.807, 2.05) is 22.6 Å². The minimum Gasteiger partial charge on any atom is -0.478 e. The maximum absolute atomic E-state index is 11.5. The lowest BCUT2D eigenvalue weighted by atomic mass is 10.2.